The fourth-order valence-electron chi connectivity index (χ4n) is 0.714. The van der Waals surface area contributed by atoms with Crippen molar-refractivity contribution in [2.24, 2.45) is 16.6 Å². The summed E-state index contributed by atoms with van der Waals surface area (Å²) >= 11 is 0. The number of amides is 1. The maximum atomic E-state index is 10.8. The normalized spacial score (nSPS) is 23.1. The summed E-state index contributed by atoms with van der Waals surface area (Å²) in [4.78, 5) is 24.6. The quantitative estimate of drug-likeness (QED) is 0.481. The lowest BCUT2D eigenvalue weighted by atomic mass is 10.0. The highest BCUT2D eigenvalue weighted by Crippen LogP contribution is 2.06. The van der Waals surface area contributed by atoms with Gasteiger partial charge in [0.1, 0.15) is 5.92 Å². The average Bonchev–Trinajstić information content (AvgIpc) is 1.94. The lowest BCUT2D eigenvalue weighted by Crippen LogP contribution is -2.34. The number of nitrogens with zero attached hydrogens (tertiary/aromatic N) is 1. The Kier molecular flexibility index (Phi) is 1.72. The fraction of sp³-hybridized carbons (Fsp3) is 0.167. The van der Waals surface area contributed by atoms with Gasteiger partial charge < -0.3 is 10.8 Å². The summed E-state index contributed by atoms with van der Waals surface area (Å²) in [6, 6.07) is 0. The highest BCUT2D eigenvalue weighted by molar-refractivity contribution is 6.40. The minimum absolute atomic E-state index is 0.670. The molecule has 3 N–H and O–H groups in total. The second-order valence-corrected chi connectivity index (χ2v) is 2.04. The minimum atomic E-state index is -1.06. The zero-order chi connectivity index (χ0) is 8.43. The van der Waals surface area contributed by atoms with Gasteiger partial charge in [0, 0.05) is 6.20 Å². The SMILES string of the molecule is NC(=O)C1C=CN=C(O)C1=O. The Morgan fingerprint density at radius 2 is 2.36 bits per heavy atom. The molecule has 0 aromatic carbocycles. The molecular weight excluding hydrogens is 148 g/mol. The molecule has 5 heteroatoms. The van der Waals surface area contributed by atoms with Crippen molar-refractivity contribution in [3.05, 3.63) is 12.3 Å². The molecule has 11 heavy (non-hydrogen) atoms. The van der Waals surface area contributed by atoms with Crippen LogP contribution >= 0.6 is 0 Å². The summed E-state index contributed by atoms with van der Waals surface area (Å²) in [5.74, 6) is -3.27. The second-order valence-electron chi connectivity index (χ2n) is 2.04. The first-order valence-corrected chi connectivity index (χ1v) is 2.90. The highest BCUT2D eigenvalue weighted by atomic mass is 16.3. The number of Topliss-reactive ketones (excluding diaryl/α,β-unsaturated/α-hetero) is 1. The summed E-state index contributed by atoms with van der Waals surface area (Å²) in [5, 5.41) is 8.74. The number of carbonyl (C=O) groups is 2. The van der Waals surface area contributed by atoms with Crippen molar-refractivity contribution < 1.29 is 14.7 Å². The highest BCUT2D eigenvalue weighted by Gasteiger charge is 2.27. The van der Waals surface area contributed by atoms with Crippen molar-refractivity contribution in [2.45, 2.75) is 0 Å². The molecule has 5 nitrogen and oxygen atoms in total. The predicted molar refractivity (Wildman–Crippen MR) is 36.9 cm³/mol. The zero-order valence-corrected chi connectivity index (χ0v) is 5.52. The molecule has 0 fully saturated rings. The van der Waals surface area contributed by atoms with Gasteiger partial charge in [-0.05, 0) is 6.08 Å². The van der Waals surface area contributed by atoms with Crippen LogP contribution < -0.4 is 5.73 Å². The molecule has 0 aromatic heterocycles. The van der Waals surface area contributed by atoms with Crippen LogP contribution in [0.4, 0.5) is 0 Å². The maximum Gasteiger partial charge on any atom is 0.256 e. The van der Waals surface area contributed by atoms with Gasteiger partial charge in [-0.3, -0.25) is 9.59 Å². The van der Waals surface area contributed by atoms with Gasteiger partial charge >= 0.3 is 0 Å². The van der Waals surface area contributed by atoms with Gasteiger partial charge in [-0.25, -0.2) is 4.99 Å². The van der Waals surface area contributed by atoms with Crippen molar-refractivity contribution in [2.75, 3.05) is 0 Å². The Morgan fingerprint density at radius 1 is 1.73 bits per heavy atom. The smallest absolute Gasteiger partial charge is 0.256 e. The summed E-state index contributed by atoms with van der Waals surface area (Å²) in [5.41, 5.74) is 4.84. The van der Waals surface area contributed by atoms with Crippen molar-refractivity contribution in [3.8, 4) is 0 Å². The van der Waals surface area contributed by atoms with E-state index in [0.717, 1.165) is 0 Å². The van der Waals surface area contributed by atoms with E-state index in [1.54, 1.807) is 0 Å². The monoisotopic (exact) mass is 154 g/mol. The predicted octanol–water partition coefficient (Wildman–Crippen LogP) is -0.859. The van der Waals surface area contributed by atoms with E-state index >= 15 is 0 Å². The van der Waals surface area contributed by atoms with E-state index in [-0.39, 0.29) is 0 Å². The number of nitrogens with two attached hydrogens (primary N) is 1. The summed E-state index contributed by atoms with van der Waals surface area (Å²) in [6.07, 6.45) is 2.41. The van der Waals surface area contributed by atoms with Crippen LogP contribution in [0.25, 0.3) is 0 Å². The van der Waals surface area contributed by atoms with Gasteiger partial charge in [-0.1, -0.05) is 0 Å². The van der Waals surface area contributed by atoms with E-state index < -0.39 is 23.5 Å². The Labute approximate surface area is 62.2 Å². The Bertz CT molecular complexity index is 267. The molecule has 1 aliphatic rings. The van der Waals surface area contributed by atoms with E-state index in [1.165, 1.54) is 12.3 Å². The number of rotatable bonds is 1. The van der Waals surface area contributed by atoms with Gasteiger partial charge in [0.15, 0.2) is 0 Å². The Morgan fingerprint density at radius 3 is 2.82 bits per heavy atom. The van der Waals surface area contributed by atoms with Crippen LogP contribution in [0.15, 0.2) is 17.3 Å². The summed E-state index contributed by atoms with van der Waals surface area (Å²) in [6.45, 7) is 0. The Hall–Kier alpha value is -1.65. The number of hydrogen-bond donors (Lipinski definition) is 2. The first-order valence-electron chi connectivity index (χ1n) is 2.90. The molecule has 1 unspecified atom stereocenters. The van der Waals surface area contributed by atoms with E-state index in [2.05, 4.69) is 4.99 Å². The third-order valence-corrected chi connectivity index (χ3v) is 1.28. The van der Waals surface area contributed by atoms with Crippen LogP contribution in [-0.2, 0) is 9.59 Å². The van der Waals surface area contributed by atoms with Crippen molar-refractivity contribution in [1.29, 1.82) is 0 Å². The molecule has 1 atom stereocenters. The fourth-order valence-corrected chi connectivity index (χ4v) is 0.714. The Balaban J connectivity index is 2.90. The third kappa shape index (κ3) is 1.26. The van der Waals surface area contributed by atoms with Crippen LogP contribution in [0, 0.1) is 5.92 Å². The van der Waals surface area contributed by atoms with Gasteiger partial charge in [0.2, 0.25) is 11.7 Å². The molecule has 0 aliphatic carbocycles. The van der Waals surface area contributed by atoms with Crippen LogP contribution in [0.3, 0.4) is 0 Å². The van der Waals surface area contributed by atoms with E-state index in [9.17, 15) is 9.59 Å². The molecule has 1 aliphatic heterocycles. The molecule has 1 rings (SSSR count). The standard InChI is InChI=1S/C6H6N2O3/c7-5(10)3-1-2-8-6(11)4(3)9/h1-3H,(H2,7,10)(H,8,11). The molecule has 1 heterocycles. The van der Waals surface area contributed by atoms with Crippen LogP contribution in [0.1, 0.15) is 0 Å². The molecule has 0 spiro atoms. The number of carbonyl (C=O) groups excluding carboxylic acids is 2. The van der Waals surface area contributed by atoms with Gasteiger partial charge in [0.25, 0.3) is 5.90 Å². The first-order chi connectivity index (χ1) is 5.13. The molecule has 0 aromatic rings. The van der Waals surface area contributed by atoms with Crippen LogP contribution in [0.5, 0.6) is 0 Å². The van der Waals surface area contributed by atoms with Crippen molar-refractivity contribution in [1.82, 2.24) is 0 Å². The second kappa shape index (κ2) is 2.53. The molecule has 0 radical (unpaired) electrons. The lowest BCUT2D eigenvalue weighted by Gasteiger charge is -2.07. The minimum Gasteiger partial charge on any atom is -0.491 e. The zero-order valence-electron chi connectivity index (χ0n) is 5.52. The molecule has 58 valence electrons. The summed E-state index contributed by atoms with van der Waals surface area (Å²) in [7, 11) is 0. The number of hydrogen-bond acceptors (Lipinski definition) is 3. The molecule has 1 amide bonds. The molecule has 0 bridgehead atoms. The number of aliphatic hydroxyl groups is 1. The molecule has 0 saturated heterocycles. The van der Waals surface area contributed by atoms with Gasteiger partial charge in [-0.2, -0.15) is 0 Å². The number of ketones is 1. The van der Waals surface area contributed by atoms with Crippen molar-refractivity contribution in [3.63, 3.8) is 0 Å². The van der Waals surface area contributed by atoms with Gasteiger partial charge in [0.05, 0.1) is 0 Å². The van der Waals surface area contributed by atoms with E-state index in [1.807, 2.05) is 0 Å². The van der Waals surface area contributed by atoms with E-state index in [4.69, 9.17) is 10.8 Å². The van der Waals surface area contributed by atoms with E-state index in [0.29, 0.717) is 0 Å². The summed E-state index contributed by atoms with van der Waals surface area (Å²) < 4.78 is 0. The largest absolute Gasteiger partial charge is 0.491 e. The van der Waals surface area contributed by atoms with Crippen LogP contribution in [0.2, 0.25) is 0 Å². The molecular formula is C6H6N2O3. The maximum absolute atomic E-state index is 10.8. The number of primary amides is 1. The van der Waals surface area contributed by atoms with Gasteiger partial charge in [-0.15, -0.1) is 0 Å². The topological polar surface area (TPSA) is 92.8 Å². The van der Waals surface area contributed by atoms with Crippen LogP contribution in [-0.4, -0.2) is 22.7 Å². The average molecular weight is 154 g/mol. The number of aliphatic imine (C=N–C) groups is 1. The van der Waals surface area contributed by atoms with Crippen molar-refractivity contribution >= 4 is 17.6 Å². The lowest BCUT2D eigenvalue weighted by molar-refractivity contribution is -0.127. The first kappa shape index (κ1) is 7.46. The molecule has 0 saturated carbocycles. The number of aliphatic hydroxyl groups excluding tert-OH is 1. The third-order valence-electron chi connectivity index (χ3n) is 1.28.